The second-order valence-corrected chi connectivity index (χ2v) is 7.22. The Bertz CT molecular complexity index is 681. The third-order valence-corrected chi connectivity index (χ3v) is 5.17. The summed E-state index contributed by atoms with van der Waals surface area (Å²) in [4.78, 5) is 12.3. The highest BCUT2D eigenvalue weighted by molar-refractivity contribution is 8.00. The number of carbonyl (C=O) groups is 1. The van der Waals surface area contributed by atoms with Gasteiger partial charge in [0.25, 0.3) is 0 Å². The number of nitrogens with zero attached hydrogens (tertiary/aromatic N) is 4. The molecule has 1 aromatic heterocycles. The summed E-state index contributed by atoms with van der Waals surface area (Å²) in [6, 6.07) is 8.25. The van der Waals surface area contributed by atoms with Gasteiger partial charge in [-0.1, -0.05) is 42.8 Å². The number of hydrogen-bond acceptors (Lipinski definition) is 5. The van der Waals surface area contributed by atoms with Crippen LogP contribution < -0.4 is 5.32 Å². The highest BCUT2D eigenvalue weighted by Gasteiger charge is 2.23. The molecule has 0 aliphatic heterocycles. The Hall–Kier alpha value is -1.89. The van der Waals surface area contributed by atoms with E-state index < -0.39 is 0 Å². The van der Waals surface area contributed by atoms with E-state index in [9.17, 15) is 4.79 Å². The Labute approximate surface area is 140 Å². The number of thioether (sulfide) groups is 1. The number of benzene rings is 1. The average Bonchev–Trinajstić information content (AvgIpc) is 3.19. The zero-order valence-corrected chi connectivity index (χ0v) is 14.2. The fourth-order valence-electron chi connectivity index (χ4n) is 2.80. The highest BCUT2D eigenvalue weighted by Crippen LogP contribution is 2.25. The van der Waals surface area contributed by atoms with Crippen molar-refractivity contribution in [3.8, 4) is 5.69 Å². The molecule has 0 spiro atoms. The Kier molecular flexibility index (Phi) is 4.95. The number of amides is 1. The third kappa shape index (κ3) is 3.72. The molecule has 1 N–H and O–H groups in total. The van der Waals surface area contributed by atoms with E-state index in [1.807, 2.05) is 38.1 Å². The van der Waals surface area contributed by atoms with E-state index in [4.69, 9.17) is 0 Å². The highest BCUT2D eigenvalue weighted by atomic mass is 32.2. The van der Waals surface area contributed by atoms with Crippen molar-refractivity contribution >= 4 is 17.7 Å². The molecule has 1 aliphatic carbocycles. The number of para-hydroxylation sites is 1. The maximum Gasteiger partial charge on any atom is 0.233 e. The van der Waals surface area contributed by atoms with Crippen LogP contribution >= 0.6 is 11.8 Å². The average molecular weight is 331 g/mol. The summed E-state index contributed by atoms with van der Waals surface area (Å²) in [6.07, 6.45) is 4.59. The SMILES string of the molecule is Cc1ccccc1-n1nnnc1S[C@@H](C)C(=O)NC1CCCC1. The predicted octanol–water partition coefficient (Wildman–Crippen LogP) is 2.51. The molecule has 0 unspecified atom stereocenters. The summed E-state index contributed by atoms with van der Waals surface area (Å²) in [6.45, 7) is 3.91. The largest absolute Gasteiger partial charge is 0.352 e. The summed E-state index contributed by atoms with van der Waals surface area (Å²) < 4.78 is 1.69. The van der Waals surface area contributed by atoms with Crippen LogP contribution in [-0.2, 0) is 4.79 Å². The number of aryl methyl sites for hydroxylation is 1. The van der Waals surface area contributed by atoms with Gasteiger partial charge in [0.1, 0.15) is 0 Å². The lowest BCUT2D eigenvalue weighted by Gasteiger charge is -2.16. The molecule has 1 amide bonds. The van der Waals surface area contributed by atoms with Crippen LogP contribution in [0.25, 0.3) is 5.69 Å². The number of nitrogens with one attached hydrogen (secondary N) is 1. The fourth-order valence-corrected chi connectivity index (χ4v) is 3.61. The van der Waals surface area contributed by atoms with E-state index >= 15 is 0 Å². The van der Waals surface area contributed by atoms with Crippen LogP contribution in [0.5, 0.6) is 0 Å². The molecule has 1 atom stereocenters. The maximum atomic E-state index is 12.3. The van der Waals surface area contributed by atoms with Crippen LogP contribution in [0, 0.1) is 6.92 Å². The molecular weight excluding hydrogens is 310 g/mol. The van der Waals surface area contributed by atoms with Crippen LogP contribution in [0.1, 0.15) is 38.2 Å². The second-order valence-electron chi connectivity index (χ2n) is 5.91. The summed E-state index contributed by atoms with van der Waals surface area (Å²) in [5.74, 6) is 0.0567. The maximum absolute atomic E-state index is 12.3. The van der Waals surface area contributed by atoms with Crippen molar-refractivity contribution < 1.29 is 4.79 Å². The quantitative estimate of drug-likeness (QED) is 0.852. The number of hydrogen-bond donors (Lipinski definition) is 1. The minimum Gasteiger partial charge on any atom is -0.352 e. The van der Waals surface area contributed by atoms with E-state index in [1.165, 1.54) is 24.6 Å². The first kappa shape index (κ1) is 16.0. The van der Waals surface area contributed by atoms with Crippen molar-refractivity contribution in [2.75, 3.05) is 0 Å². The van der Waals surface area contributed by atoms with E-state index in [1.54, 1.807) is 4.68 Å². The first-order chi connectivity index (χ1) is 11.1. The van der Waals surface area contributed by atoms with Gasteiger partial charge in [0.2, 0.25) is 11.1 Å². The lowest BCUT2D eigenvalue weighted by molar-refractivity contribution is -0.120. The molecule has 23 heavy (non-hydrogen) atoms. The molecule has 3 rings (SSSR count). The van der Waals surface area contributed by atoms with Crippen LogP contribution in [0.2, 0.25) is 0 Å². The Morgan fingerprint density at radius 1 is 1.35 bits per heavy atom. The van der Waals surface area contributed by atoms with Crippen molar-refractivity contribution in [3.05, 3.63) is 29.8 Å². The molecule has 1 aliphatic rings. The van der Waals surface area contributed by atoms with Crippen LogP contribution in [0.4, 0.5) is 0 Å². The van der Waals surface area contributed by atoms with Crippen LogP contribution in [0.3, 0.4) is 0 Å². The molecule has 1 aromatic carbocycles. The standard InChI is InChI=1S/C16H21N5OS/c1-11-7-3-6-10-14(11)21-16(18-19-20-21)23-12(2)15(22)17-13-8-4-5-9-13/h3,6-7,10,12-13H,4-5,8-9H2,1-2H3,(H,17,22)/t12-/m0/s1. The summed E-state index contributed by atoms with van der Waals surface area (Å²) in [5, 5.41) is 15.4. The summed E-state index contributed by atoms with van der Waals surface area (Å²) >= 11 is 1.39. The van der Waals surface area contributed by atoms with Crippen molar-refractivity contribution in [1.82, 2.24) is 25.5 Å². The van der Waals surface area contributed by atoms with Gasteiger partial charge in [-0.05, 0) is 48.7 Å². The van der Waals surface area contributed by atoms with E-state index in [-0.39, 0.29) is 11.2 Å². The van der Waals surface area contributed by atoms with E-state index in [0.29, 0.717) is 11.2 Å². The Morgan fingerprint density at radius 3 is 2.83 bits per heavy atom. The minimum absolute atomic E-state index is 0.0567. The second kappa shape index (κ2) is 7.12. The van der Waals surface area contributed by atoms with Gasteiger partial charge in [0, 0.05) is 6.04 Å². The van der Waals surface area contributed by atoms with E-state index in [2.05, 4.69) is 20.8 Å². The monoisotopic (exact) mass is 331 g/mol. The van der Waals surface area contributed by atoms with Gasteiger partial charge < -0.3 is 5.32 Å². The molecule has 1 fully saturated rings. The lowest BCUT2D eigenvalue weighted by atomic mass is 10.2. The lowest BCUT2D eigenvalue weighted by Crippen LogP contribution is -2.37. The zero-order chi connectivity index (χ0) is 16.2. The normalized spacial score (nSPS) is 16.4. The number of aromatic nitrogens is 4. The number of tetrazole rings is 1. The fraction of sp³-hybridized carbons (Fsp3) is 0.500. The molecule has 0 bridgehead atoms. The van der Waals surface area contributed by atoms with Gasteiger partial charge in [-0.2, -0.15) is 4.68 Å². The summed E-state index contributed by atoms with van der Waals surface area (Å²) in [5.41, 5.74) is 2.02. The first-order valence-electron chi connectivity index (χ1n) is 7.96. The smallest absolute Gasteiger partial charge is 0.233 e. The molecule has 122 valence electrons. The van der Waals surface area contributed by atoms with Gasteiger partial charge in [0.15, 0.2) is 0 Å². The Balaban J connectivity index is 1.70. The van der Waals surface area contributed by atoms with Crippen LogP contribution in [0.15, 0.2) is 29.4 Å². The molecule has 7 heteroatoms. The van der Waals surface area contributed by atoms with Crippen molar-refractivity contribution in [3.63, 3.8) is 0 Å². The molecule has 6 nitrogen and oxygen atoms in total. The number of carbonyl (C=O) groups excluding carboxylic acids is 1. The van der Waals surface area contributed by atoms with Gasteiger partial charge in [0.05, 0.1) is 10.9 Å². The van der Waals surface area contributed by atoms with Crippen molar-refractivity contribution in [1.29, 1.82) is 0 Å². The molecule has 1 heterocycles. The molecular formula is C16H21N5OS. The van der Waals surface area contributed by atoms with Gasteiger partial charge in [-0.3, -0.25) is 4.79 Å². The predicted molar refractivity (Wildman–Crippen MR) is 89.6 cm³/mol. The molecule has 0 radical (unpaired) electrons. The number of rotatable bonds is 5. The molecule has 2 aromatic rings. The third-order valence-electron chi connectivity index (χ3n) is 4.14. The molecule has 1 saturated carbocycles. The summed E-state index contributed by atoms with van der Waals surface area (Å²) in [7, 11) is 0. The van der Waals surface area contributed by atoms with Crippen molar-refractivity contribution in [2.45, 2.75) is 56.0 Å². The van der Waals surface area contributed by atoms with Gasteiger partial charge >= 0.3 is 0 Å². The first-order valence-corrected chi connectivity index (χ1v) is 8.84. The van der Waals surface area contributed by atoms with Crippen molar-refractivity contribution in [2.24, 2.45) is 0 Å². The van der Waals surface area contributed by atoms with Gasteiger partial charge in [-0.15, -0.1) is 5.10 Å². The van der Waals surface area contributed by atoms with Crippen LogP contribution in [-0.4, -0.2) is 37.4 Å². The molecule has 0 saturated heterocycles. The topological polar surface area (TPSA) is 72.7 Å². The Morgan fingerprint density at radius 2 is 2.09 bits per heavy atom. The zero-order valence-electron chi connectivity index (χ0n) is 13.4. The van der Waals surface area contributed by atoms with Gasteiger partial charge in [-0.25, -0.2) is 0 Å². The minimum atomic E-state index is -0.232. The van der Waals surface area contributed by atoms with E-state index in [0.717, 1.165) is 24.1 Å².